The quantitative estimate of drug-likeness (QED) is 0.663. The van der Waals surface area contributed by atoms with Crippen molar-refractivity contribution in [1.29, 1.82) is 0 Å². The molecule has 2 atom stereocenters. The maximum absolute atomic E-state index is 13.8. The van der Waals surface area contributed by atoms with Gasteiger partial charge in [0.15, 0.2) is 5.65 Å². The zero-order chi connectivity index (χ0) is 22.4. The Balaban J connectivity index is 1.87. The monoisotopic (exact) mass is 439 g/mol. The van der Waals surface area contributed by atoms with Crippen LogP contribution in [0.4, 0.5) is 0 Å². The second-order valence-electron chi connectivity index (χ2n) is 8.79. The number of amides is 2. The normalized spacial score (nSPS) is 19.4. The molecule has 0 bridgehead atoms. The van der Waals surface area contributed by atoms with Crippen LogP contribution in [0.15, 0.2) is 18.3 Å². The summed E-state index contributed by atoms with van der Waals surface area (Å²) in [4.78, 5) is 34.6. The van der Waals surface area contributed by atoms with E-state index in [9.17, 15) is 9.59 Å². The highest BCUT2D eigenvalue weighted by Gasteiger charge is 2.33. The molecule has 2 N–H and O–H groups in total. The van der Waals surface area contributed by atoms with Gasteiger partial charge in [-0.2, -0.15) is 5.10 Å². The number of aryl methyl sites for hydroxylation is 2. The Morgan fingerprint density at radius 1 is 1.23 bits per heavy atom. The molecule has 1 aliphatic rings. The van der Waals surface area contributed by atoms with Crippen LogP contribution in [0.5, 0.6) is 0 Å². The SMILES string of the molecule is Cc1cc(-c2cc(C(=O)N3C[C@H](C(N)=O)CC[C@H]3C)c3cnn(C(C)C)c3n2)c(C)s1. The van der Waals surface area contributed by atoms with Gasteiger partial charge in [0, 0.05) is 33.9 Å². The van der Waals surface area contributed by atoms with E-state index in [1.54, 1.807) is 22.4 Å². The van der Waals surface area contributed by atoms with Gasteiger partial charge in [0.05, 0.1) is 28.8 Å². The first-order valence-corrected chi connectivity index (χ1v) is 11.5. The molecule has 4 rings (SSSR count). The lowest BCUT2D eigenvalue weighted by molar-refractivity contribution is -0.123. The molecule has 2 amide bonds. The van der Waals surface area contributed by atoms with E-state index in [1.807, 2.05) is 31.5 Å². The van der Waals surface area contributed by atoms with Crippen LogP contribution in [0, 0.1) is 19.8 Å². The summed E-state index contributed by atoms with van der Waals surface area (Å²) in [5.74, 6) is -0.751. The molecule has 1 saturated heterocycles. The molecule has 1 fully saturated rings. The second kappa shape index (κ2) is 8.07. The van der Waals surface area contributed by atoms with Crippen molar-refractivity contribution < 1.29 is 9.59 Å². The summed E-state index contributed by atoms with van der Waals surface area (Å²) >= 11 is 1.72. The lowest BCUT2D eigenvalue weighted by atomic mass is 9.92. The van der Waals surface area contributed by atoms with Gasteiger partial charge in [0.1, 0.15) is 0 Å². The first-order chi connectivity index (χ1) is 14.7. The molecule has 0 radical (unpaired) electrons. The van der Waals surface area contributed by atoms with Crippen molar-refractivity contribution in [2.24, 2.45) is 11.7 Å². The van der Waals surface area contributed by atoms with Crippen LogP contribution in [0.3, 0.4) is 0 Å². The molecule has 8 heteroatoms. The Labute approximate surface area is 186 Å². The molecule has 1 aliphatic heterocycles. The summed E-state index contributed by atoms with van der Waals surface area (Å²) in [6.45, 7) is 10.6. The first kappa shape index (κ1) is 21.5. The van der Waals surface area contributed by atoms with Gasteiger partial charge in [0.25, 0.3) is 5.91 Å². The van der Waals surface area contributed by atoms with E-state index in [0.29, 0.717) is 17.8 Å². The number of hydrogen-bond donors (Lipinski definition) is 1. The zero-order valence-electron chi connectivity index (χ0n) is 18.7. The molecule has 0 spiro atoms. The van der Waals surface area contributed by atoms with Crippen LogP contribution in [-0.4, -0.2) is 44.1 Å². The molecular formula is C23H29N5O2S. The molecule has 4 heterocycles. The van der Waals surface area contributed by atoms with Gasteiger partial charge in [-0.05, 0) is 59.6 Å². The van der Waals surface area contributed by atoms with E-state index in [1.165, 1.54) is 9.75 Å². The number of fused-ring (bicyclic) bond motifs is 1. The van der Waals surface area contributed by atoms with Gasteiger partial charge in [-0.1, -0.05) is 0 Å². The molecule has 0 unspecified atom stereocenters. The predicted molar refractivity (Wildman–Crippen MR) is 123 cm³/mol. The number of pyridine rings is 1. The Hall–Kier alpha value is -2.74. The average molecular weight is 440 g/mol. The average Bonchev–Trinajstić information content (AvgIpc) is 3.29. The number of carbonyl (C=O) groups excluding carboxylic acids is 2. The minimum atomic E-state index is -0.345. The van der Waals surface area contributed by atoms with Crippen molar-refractivity contribution >= 4 is 34.2 Å². The number of rotatable bonds is 4. The minimum absolute atomic E-state index is 0.0417. The van der Waals surface area contributed by atoms with Crippen LogP contribution in [0.2, 0.25) is 0 Å². The van der Waals surface area contributed by atoms with Crippen molar-refractivity contribution in [3.8, 4) is 11.3 Å². The third-order valence-electron chi connectivity index (χ3n) is 6.15. The molecule has 7 nitrogen and oxygen atoms in total. The second-order valence-corrected chi connectivity index (χ2v) is 10.2. The third kappa shape index (κ3) is 3.84. The highest BCUT2D eigenvalue weighted by atomic mass is 32.1. The summed E-state index contributed by atoms with van der Waals surface area (Å²) in [6.07, 6.45) is 3.20. The fourth-order valence-electron chi connectivity index (χ4n) is 4.37. The Kier molecular flexibility index (Phi) is 5.60. The van der Waals surface area contributed by atoms with Gasteiger partial charge in [-0.15, -0.1) is 11.3 Å². The van der Waals surface area contributed by atoms with Gasteiger partial charge < -0.3 is 10.6 Å². The summed E-state index contributed by atoms with van der Waals surface area (Å²) < 4.78 is 1.86. The van der Waals surface area contributed by atoms with Crippen molar-refractivity contribution in [1.82, 2.24) is 19.7 Å². The van der Waals surface area contributed by atoms with Crippen LogP contribution >= 0.6 is 11.3 Å². The summed E-state index contributed by atoms with van der Waals surface area (Å²) in [6, 6.07) is 4.15. The Morgan fingerprint density at radius 2 is 1.97 bits per heavy atom. The van der Waals surface area contributed by atoms with Crippen molar-refractivity contribution in [2.75, 3.05) is 6.54 Å². The maximum Gasteiger partial charge on any atom is 0.255 e. The topological polar surface area (TPSA) is 94.1 Å². The van der Waals surface area contributed by atoms with E-state index in [0.717, 1.165) is 29.5 Å². The van der Waals surface area contributed by atoms with Gasteiger partial charge >= 0.3 is 0 Å². The number of thiophene rings is 1. The smallest absolute Gasteiger partial charge is 0.255 e. The predicted octanol–water partition coefficient (Wildman–Crippen LogP) is 4.08. The third-order valence-corrected chi connectivity index (χ3v) is 7.11. The number of nitrogens with two attached hydrogens (primary N) is 1. The van der Waals surface area contributed by atoms with Crippen LogP contribution in [0.25, 0.3) is 22.3 Å². The molecule has 0 saturated carbocycles. The number of primary amides is 1. The molecular weight excluding hydrogens is 410 g/mol. The van der Waals surface area contributed by atoms with E-state index in [4.69, 9.17) is 10.7 Å². The molecule has 3 aromatic rings. The largest absolute Gasteiger partial charge is 0.369 e. The van der Waals surface area contributed by atoms with Crippen LogP contribution in [-0.2, 0) is 4.79 Å². The van der Waals surface area contributed by atoms with E-state index >= 15 is 0 Å². The molecule has 0 aliphatic carbocycles. The van der Waals surface area contributed by atoms with Gasteiger partial charge in [-0.3, -0.25) is 9.59 Å². The van der Waals surface area contributed by atoms with Crippen molar-refractivity contribution in [3.05, 3.63) is 33.6 Å². The fourth-order valence-corrected chi connectivity index (χ4v) is 5.31. The highest BCUT2D eigenvalue weighted by molar-refractivity contribution is 7.12. The molecule has 164 valence electrons. The molecule has 0 aromatic carbocycles. The number of piperidine rings is 1. The number of carbonyl (C=O) groups is 2. The molecule has 31 heavy (non-hydrogen) atoms. The minimum Gasteiger partial charge on any atom is -0.369 e. The maximum atomic E-state index is 13.8. The lowest BCUT2D eigenvalue weighted by Gasteiger charge is -2.37. The lowest BCUT2D eigenvalue weighted by Crippen LogP contribution is -2.48. The highest BCUT2D eigenvalue weighted by Crippen LogP contribution is 2.34. The van der Waals surface area contributed by atoms with Crippen LogP contribution < -0.4 is 5.73 Å². The van der Waals surface area contributed by atoms with Gasteiger partial charge in [-0.25, -0.2) is 9.67 Å². The standard InChI is InChI=1S/C23H29N5O2S/c1-12(2)28-22-19(10-25-28)18(9-20(26-22)17-8-14(4)31-15(17)5)23(30)27-11-16(21(24)29)7-6-13(27)3/h8-10,12-13,16H,6-7,11H2,1-5H3,(H2,24,29)/t13-,16-/m1/s1. The number of likely N-dealkylation sites (tertiary alicyclic amines) is 1. The zero-order valence-corrected chi connectivity index (χ0v) is 19.5. The van der Waals surface area contributed by atoms with Crippen molar-refractivity contribution in [2.45, 2.75) is 59.5 Å². The summed E-state index contributed by atoms with van der Waals surface area (Å²) in [5.41, 5.74) is 8.65. The number of hydrogen-bond acceptors (Lipinski definition) is 5. The van der Waals surface area contributed by atoms with E-state index in [2.05, 4.69) is 25.0 Å². The van der Waals surface area contributed by atoms with E-state index in [-0.39, 0.29) is 29.8 Å². The number of aromatic nitrogens is 3. The summed E-state index contributed by atoms with van der Waals surface area (Å²) in [7, 11) is 0. The Bertz CT molecular complexity index is 1160. The molecule has 3 aromatic heterocycles. The summed E-state index contributed by atoms with van der Waals surface area (Å²) in [5, 5.41) is 5.26. The fraction of sp³-hybridized carbons (Fsp3) is 0.478. The number of nitrogens with zero attached hydrogens (tertiary/aromatic N) is 4. The van der Waals surface area contributed by atoms with Gasteiger partial charge in [0.2, 0.25) is 5.91 Å². The first-order valence-electron chi connectivity index (χ1n) is 10.7. The van der Waals surface area contributed by atoms with E-state index < -0.39 is 0 Å². The van der Waals surface area contributed by atoms with Crippen molar-refractivity contribution in [3.63, 3.8) is 0 Å². The van der Waals surface area contributed by atoms with Crippen LogP contribution in [0.1, 0.15) is 59.8 Å². The Morgan fingerprint density at radius 3 is 2.58 bits per heavy atom.